The Morgan fingerprint density at radius 2 is 1.93 bits per heavy atom. The number of carbonyl (C=O) groups is 1. The zero-order chi connectivity index (χ0) is 19.2. The standard InChI is InChI=1S/C20H20BrN3O2S/c1-3-13(2)14-8-10-15(11-9-14)22-18(25)12-27-20-24-23-19(26-20)16-6-4-5-7-17(16)21/h4-11,13H,3,12H2,1-2H3,(H,22,25). The molecule has 1 atom stereocenters. The third-order valence-corrected chi connectivity index (χ3v) is 5.72. The Hall–Kier alpha value is -2.12. The van der Waals surface area contributed by atoms with E-state index in [1.165, 1.54) is 17.3 Å². The zero-order valence-electron chi connectivity index (χ0n) is 15.1. The van der Waals surface area contributed by atoms with Crippen LogP contribution in [0.1, 0.15) is 31.7 Å². The molecule has 1 unspecified atom stereocenters. The average Bonchev–Trinajstić information content (AvgIpc) is 3.15. The van der Waals surface area contributed by atoms with Gasteiger partial charge in [0.05, 0.1) is 11.3 Å². The molecule has 0 aliphatic carbocycles. The van der Waals surface area contributed by atoms with Crippen LogP contribution in [0.3, 0.4) is 0 Å². The van der Waals surface area contributed by atoms with Crippen LogP contribution in [0.25, 0.3) is 11.5 Å². The van der Waals surface area contributed by atoms with Crippen molar-refractivity contribution in [3.63, 3.8) is 0 Å². The van der Waals surface area contributed by atoms with Gasteiger partial charge in [-0.1, -0.05) is 49.9 Å². The highest BCUT2D eigenvalue weighted by molar-refractivity contribution is 9.10. The van der Waals surface area contributed by atoms with E-state index in [4.69, 9.17) is 4.42 Å². The highest BCUT2D eigenvalue weighted by Gasteiger charge is 2.13. The molecule has 0 spiro atoms. The summed E-state index contributed by atoms with van der Waals surface area (Å²) in [7, 11) is 0. The fraction of sp³-hybridized carbons (Fsp3) is 0.250. The molecule has 3 aromatic rings. The lowest BCUT2D eigenvalue weighted by Crippen LogP contribution is -2.14. The molecule has 1 aromatic heterocycles. The lowest BCUT2D eigenvalue weighted by atomic mass is 9.99. The molecule has 0 radical (unpaired) electrons. The van der Waals surface area contributed by atoms with Crippen LogP contribution in [0.15, 0.2) is 62.6 Å². The SMILES string of the molecule is CCC(C)c1ccc(NC(=O)CSc2nnc(-c3ccccc3Br)o2)cc1. The molecule has 1 heterocycles. The Balaban J connectivity index is 1.55. The van der Waals surface area contributed by atoms with E-state index >= 15 is 0 Å². The van der Waals surface area contributed by atoms with Crippen molar-refractivity contribution in [3.8, 4) is 11.5 Å². The molecule has 27 heavy (non-hydrogen) atoms. The Morgan fingerprint density at radius 3 is 2.63 bits per heavy atom. The Kier molecular flexibility index (Phi) is 6.68. The minimum absolute atomic E-state index is 0.114. The fourth-order valence-corrected chi connectivity index (χ4v) is 3.48. The molecule has 7 heteroatoms. The largest absolute Gasteiger partial charge is 0.411 e. The van der Waals surface area contributed by atoms with Crippen LogP contribution in [-0.2, 0) is 4.79 Å². The summed E-state index contributed by atoms with van der Waals surface area (Å²) in [5.41, 5.74) is 2.88. The number of hydrogen-bond acceptors (Lipinski definition) is 5. The van der Waals surface area contributed by atoms with Gasteiger partial charge in [-0.15, -0.1) is 10.2 Å². The van der Waals surface area contributed by atoms with Crippen molar-refractivity contribution < 1.29 is 9.21 Å². The van der Waals surface area contributed by atoms with Gasteiger partial charge >= 0.3 is 0 Å². The van der Waals surface area contributed by atoms with Crippen LogP contribution < -0.4 is 5.32 Å². The van der Waals surface area contributed by atoms with Crippen molar-refractivity contribution in [2.75, 3.05) is 11.1 Å². The molecule has 0 aliphatic rings. The van der Waals surface area contributed by atoms with Crippen LogP contribution >= 0.6 is 27.7 Å². The number of rotatable bonds is 7. The van der Waals surface area contributed by atoms with E-state index in [-0.39, 0.29) is 11.7 Å². The second kappa shape index (κ2) is 9.19. The average molecular weight is 446 g/mol. The minimum Gasteiger partial charge on any atom is -0.411 e. The molecular formula is C20H20BrN3O2S. The zero-order valence-corrected chi connectivity index (χ0v) is 17.5. The number of aromatic nitrogens is 2. The van der Waals surface area contributed by atoms with Crippen LogP contribution in [0.4, 0.5) is 5.69 Å². The van der Waals surface area contributed by atoms with Crippen molar-refractivity contribution in [2.24, 2.45) is 0 Å². The molecule has 2 aromatic carbocycles. The molecule has 0 saturated carbocycles. The van der Waals surface area contributed by atoms with Crippen molar-refractivity contribution >= 4 is 39.3 Å². The summed E-state index contributed by atoms with van der Waals surface area (Å²) in [6.45, 7) is 4.36. The van der Waals surface area contributed by atoms with Crippen molar-refractivity contribution in [1.29, 1.82) is 0 Å². The minimum atomic E-state index is -0.114. The predicted molar refractivity (Wildman–Crippen MR) is 112 cm³/mol. The van der Waals surface area contributed by atoms with Crippen molar-refractivity contribution in [2.45, 2.75) is 31.4 Å². The van der Waals surface area contributed by atoms with Gasteiger partial charge in [0.1, 0.15) is 0 Å². The van der Waals surface area contributed by atoms with Crippen LogP contribution in [0.2, 0.25) is 0 Å². The van der Waals surface area contributed by atoms with Gasteiger partial charge < -0.3 is 9.73 Å². The smallest absolute Gasteiger partial charge is 0.277 e. The molecule has 140 valence electrons. The summed E-state index contributed by atoms with van der Waals surface area (Å²) >= 11 is 4.67. The number of benzene rings is 2. The van der Waals surface area contributed by atoms with E-state index in [0.717, 1.165) is 22.1 Å². The topological polar surface area (TPSA) is 68.0 Å². The summed E-state index contributed by atoms with van der Waals surface area (Å²) in [4.78, 5) is 12.2. The van der Waals surface area contributed by atoms with Gasteiger partial charge in [-0.3, -0.25) is 4.79 Å². The van der Waals surface area contributed by atoms with Crippen LogP contribution in [0.5, 0.6) is 0 Å². The molecule has 1 amide bonds. The molecule has 0 aliphatic heterocycles. The molecule has 0 saturated heterocycles. The summed E-state index contributed by atoms with van der Waals surface area (Å²) in [6.07, 6.45) is 1.09. The van der Waals surface area contributed by atoms with Gasteiger partial charge in [0, 0.05) is 10.2 Å². The summed E-state index contributed by atoms with van der Waals surface area (Å²) in [6, 6.07) is 15.6. The predicted octanol–water partition coefficient (Wildman–Crippen LogP) is 5.74. The number of thioether (sulfide) groups is 1. The Bertz CT molecular complexity index is 912. The molecular weight excluding hydrogens is 426 g/mol. The number of hydrogen-bond donors (Lipinski definition) is 1. The van der Waals surface area contributed by atoms with Crippen molar-refractivity contribution in [3.05, 3.63) is 58.6 Å². The first-order valence-electron chi connectivity index (χ1n) is 8.68. The van der Waals surface area contributed by atoms with Gasteiger partial charge in [0.15, 0.2) is 0 Å². The van der Waals surface area contributed by atoms with Gasteiger partial charge in [-0.05, 0) is 58.1 Å². The quantitative estimate of drug-likeness (QED) is 0.469. The fourth-order valence-electron chi connectivity index (χ4n) is 2.47. The maximum absolute atomic E-state index is 12.2. The third-order valence-electron chi connectivity index (χ3n) is 4.21. The number of nitrogens with one attached hydrogen (secondary N) is 1. The van der Waals surface area contributed by atoms with E-state index in [1.807, 2.05) is 36.4 Å². The normalized spacial score (nSPS) is 12.0. The van der Waals surface area contributed by atoms with Gasteiger partial charge in [0.2, 0.25) is 11.8 Å². The second-order valence-electron chi connectivity index (χ2n) is 6.12. The van der Waals surface area contributed by atoms with E-state index in [9.17, 15) is 4.79 Å². The molecule has 1 N–H and O–H groups in total. The lowest BCUT2D eigenvalue weighted by Gasteiger charge is -2.10. The molecule has 5 nitrogen and oxygen atoms in total. The first-order chi connectivity index (χ1) is 13.1. The maximum atomic E-state index is 12.2. The number of halogens is 1. The molecule has 0 fully saturated rings. The molecule has 3 rings (SSSR count). The maximum Gasteiger partial charge on any atom is 0.277 e. The monoisotopic (exact) mass is 445 g/mol. The first-order valence-corrected chi connectivity index (χ1v) is 10.5. The van der Waals surface area contributed by atoms with E-state index in [1.54, 1.807) is 0 Å². The van der Waals surface area contributed by atoms with Gasteiger partial charge in [-0.25, -0.2) is 0 Å². The van der Waals surface area contributed by atoms with Crippen molar-refractivity contribution in [1.82, 2.24) is 10.2 Å². The summed E-state index contributed by atoms with van der Waals surface area (Å²) in [5, 5.41) is 11.3. The van der Waals surface area contributed by atoms with Crippen LogP contribution in [-0.4, -0.2) is 21.9 Å². The molecule has 0 bridgehead atoms. The lowest BCUT2D eigenvalue weighted by molar-refractivity contribution is -0.113. The third kappa shape index (κ3) is 5.20. The Morgan fingerprint density at radius 1 is 1.19 bits per heavy atom. The number of nitrogens with zero attached hydrogens (tertiary/aromatic N) is 2. The summed E-state index contributed by atoms with van der Waals surface area (Å²) in [5.74, 6) is 1.02. The highest BCUT2D eigenvalue weighted by atomic mass is 79.9. The van der Waals surface area contributed by atoms with E-state index in [0.29, 0.717) is 17.0 Å². The van der Waals surface area contributed by atoms with Gasteiger partial charge in [0.25, 0.3) is 5.22 Å². The number of carbonyl (C=O) groups excluding carboxylic acids is 1. The van der Waals surface area contributed by atoms with Gasteiger partial charge in [-0.2, -0.15) is 0 Å². The van der Waals surface area contributed by atoms with E-state index in [2.05, 4.69) is 57.4 Å². The van der Waals surface area contributed by atoms with Crippen LogP contribution in [0, 0.1) is 0 Å². The highest BCUT2D eigenvalue weighted by Crippen LogP contribution is 2.29. The first kappa shape index (κ1) is 19.6. The Labute approximate surface area is 171 Å². The second-order valence-corrected chi connectivity index (χ2v) is 7.90. The summed E-state index contributed by atoms with van der Waals surface area (Å²) < 4.78 is 6.51. The van der Waals surface area contributed by atoms with E-state index < -0.39 is 0 Å². The number of anilines is 1. The number of amides is 1.